The fourth-order valence-electron chi connectivity index (χ4n) is 4.36. The molecule has 0 saturated carbocycles. The lowest BCUT2D eigenvalue weighted by Gasteiger charge is -2.24. The van der Waals surface area contributed by atoms with E-state index in [1.165, 1.54) is 30.5 Å². The van der Waals surface area contributed by atoms with E-state index in [1.54, 1.807) is 0 Å². The molecule has 0 spiro atoms. The third kappa shape index (κ3) is 6.04. The molecular formula is C25H25ClF2N4O5S. The summed E-state index contributed by atoms with van der Waals surface area (Å²) < 4.78 is 68.8. The number of hydrogen-bond donors (Lipinski definition) is 3. The van der Waals surface area contributed by atoms with Crippen molar-refractivity contribution in [3.8, 4) is 16.9 Å². The highest BCUT2D eigenvalue weighted by atomic mass is 35.5. The molecule has 38 heavy (non-hydrogen) atoms. The first-order valence-electron chi connectivity index (χ1n) is 11.6. The van der Waals surface area contributed by atoms with Crippen LogP contribution in [0.4, 0.5) is 14.6 Å². The molecule has 1 saturated heterocycles. The summed E-state index contributed by atoms with van der Waals surface area (Å²) in [5.74, 6) is -2.47. The van der Waals surface area contributed by atoms with Crippen molar-refractivity contribution in [3.63, 3.8) is 0 Å². The Kier molecular flexibility index (Phi) is 8.16. The number of carbonyl (C=O) groups excluding carboxylic acids is 1. The topological polar surface area (TPSA) is 149 Å². The molecule has 2 heterocycles. The number of ether oxygens (including phenoxy) is 1. The zero-order valence-electron chi connectivity index (χ0n) is 20.0. The van der Waals surface area contributed by atoms with Gasteiger partial charge in [0.15, 0.2) is 11.6 Å². The molecule has 1 amide bonds. The number of carbonyl (C=O) groups is 1. The van der Waals surface area contributed by atoms with Crippen LogP contribution >= 0.6 is 11.6 Å². The second-order valence-electron chi connectivity index (χ2n) is 8.90. The Morgan fingerprint density at radius 2 is 1.84 bits per heavy atom. The van der Waals surface area contributed by atoms with Crippen molar-refractivity contribution in [2.24, 2.45) is 5.73 Å². The second kappa shape index (κ2) is 11.2. The van der Waals surface area contributed by atoms with Gasteiger partial charge in [0.1, 0.15) is 23.5 Å². The van der Waals surface area contributed by atoms with E-state index in [0.29, 0.717) is 13.1 Å². The van der Waals surface area contributed by atoms with Gasteiger partial charge in [0.25, 0.3) is 10.1 Å². The molecule has 1 aliphatic heterocycles. The van der Waals surface area contributed by atoms with Gasteiger partial charge in [-0.3, -0.25) is 9.35 Å². The minimum Gasteiger partial charge on any atom is -0.485 e. The summed E-state index contributed by atoms with van der Waals surface area (Å²) in [5, 5.41) is -1.78. The lowest BCUT2D eigenvalue weighted by atomic mass is 9.95. The molecule has 1 fully saturated rings. The molecule has 0 bridgehead atoms. The van der Waals surface area contributed by atoms with Gasteiger partial charge < -0.3 is 21.1 Å². The van der Waals surface area contributed by atoms with E-state index in [0.717, 1.165) is 25.0 Å². The average molecular weight is 567 g/mol. The van der Waals surface area contributed by atoms with Gasteiger partial charge in [-0.25, -0.2) is 13.8 Å². The largest absolute Gasteiger partial charge is 0.485 e. The Morgan fingerprint density at radius 1 is 1.16 bits per heavy atom. The van der Waals surface area contributed by atoms with Gasteiger partial charge >= 0.3 is 0 Å². The van der Waals surface area contributed by atoms with Crippen LogP contribution in [0.3, 0.4) is 0 Å². The quantitative estimate of drug-likeness (QED) is 0.260. The third-order valence-corrected chi connectivity index (χ3v) is 7.90. The predicted molar refractivity (Wildman–Crippen MR) is 138 cm³/mol. The van der Waals surface area contributed by atoms with Crippen molar-refractivity contribution in [2.45, 2.75) is 24.7 Å². The first-order valence-corrected chi connectivity index (χ1v) is 13.5. The highest BCUT2D eigenvalue weighted by molar-refractivity contribution is 7.86. The fraction of sp³-hybridized carbons (Fsp3) is 0.280. The number of primary amides is 1. The van der Waals surface area contributed by atoms with Crippen LogP contribution < -0.4 is 16.2 Å². The van der Waals surface area contributed by atoms with Crippen molar-refractivity contribution in [3.05, 3.63) is 75.9 Å². The van der Waals surface area contributed by atoms with Crippen molar-refractivity contribution in [1.29, 1.82) is 0 Å². The van der Waals surface area contributed by atoms with Crippen molar-refractivity contribution < 1.29 is 31.3 Å². The summed E-state index contributed by atoms with van der Waals surface area (Å²) in [5.41, 5.74) is 12.0. The number of nitrogen functional groups attached to an aromatic ring is 1. The standard InChI is InChI=1S/C25H25ClF2N4O5S/c26-23-18(19(27)5-6-20(23)28)13-37-21-10-15(11-31-24(21)29)17-9-14(25(30)33)3-4-16(17)22(38(34,35)36)12-32-7-1-2-8-32/h3-6,9-11,22H,1-2,7-8,12-13H2,(H2,29,31)(H2,30,33)(H,34,35,36). The van der Waals surface area contributed by atoms with Gasteiger partial charge in [0, 0.05) is 29.4 Å². The minimum absolute atomic E-state index is 0.0272. The highest BCUT2D eigenvalue weighted by Gasteiger charge is 2.31. The Morgan fingerprint density at radius 3 is 2.50 bits per heavy atom. The average Bonchev–Trinajstić information content (AvgIpc) is 3.38. The number of nitrogens with two attached hydrogens (primary N) is 2. The van der Waals surface area contributed by atoms with Crippen molar-refractivity contribution in [2.75, 3.05) is 25.4 Å². The van der Waals surface area contributed by atoms with Crippen LogP contribution in [-0.2, 0) is 16.7 Å². The number of amides is 1. The molecule has 1 unspecified atom stereocenters. The minimum atomic E-state index is -4.57. The van der Waals surface area contributed by atoms with Crippen LogP contribution in [0.2, 0.25) is 5.02 Å². The van der Waals surface area contributed by atoms with Crippen LogP contribution in [0, 0.1) is 11.6 Å². The summed E-state index contributed by atoms with van der Waals surface area (Å²) in [6.45, 7) is 0.919. The maximum atomic E-state index is 14.2. The van der Waals surface area contributed by atoms with E-state index >= 15 is 0 Å². The van der Waals surface area contributed by atoms with E-state index in [-0.39, 0.29) is 45.9 Å². The fourth-order valence-corrected chi connectivity index (χ4v) is 5.50. The van der Waals surface area contributed by atoms with Gasteiger partial charge in [0.2, 0.25) is 5.91 Å². The summed E-state index contributed by atoms with van der Waals surface area (Å²) in [7, 11) is -4.57. The normalized spacial score (nSPS) is 14.9. The van der Waals surface area contributed by atoms with Gasteiger partial charge in [-0.05, 0) is 67.4 Å². The van der Waals surface area contributed by atoms with Gasteiger partial charge in [-0.2, -0.15) is 8.42 Å². The Labute approximate surface area is 223 Å². The number of rotatable bonds is 9. The molecule has 1 atom stereocenters. The van der Waals surface area contributed by atoms with E-state index in [2.05, 4.69) is 4.98 Å². The van der Waals surface area contributed by atoms with E-state index in [4.69, 9.17) is 27.8 Å². The van der Waals surface area contributed by atoms with Crippen molar-refractivity contribution >= 4 is 33.4 Å². The lowest BCUT2D eigenvalue weighted by Crippen LogP contribution is -2.30. The number of pyridine rings is 1. The number of anilines is 1. The molecule has 13 heteroatoms. The number of nitrogens with zero attached hydrogens (tertiary/aromatic N) is 2. The number of benzene rings is 2. The van der Waals surface area contributed by atoms with E-state index in [1.807, 2.05) is 4.90 Å². The number of hydrogen-bond acceptors (Lipinski definition) is 7. The molecule has 2 aromatic carbocycles. The Bertz CT molecular complexity index is 1480. The molecule has 1 aliphatic rings. The molecule has 0 aliphatic carbocycles. The molecule has 5 N–H and O–H groups in total. The first-order chi connectivity index (χ1) is 18.0. The summed E-state index contributed by atoms with van der Waals surface area (Å²) in [4.78, 5) is 17.9. The molecule has 0 radical (unpaired) electrons. The first kappa shape index (κ1) is 27.7. The monoisotopic (exact) mass is 566 g/mol. The highest BCUT2D eigenvalue weighted by Crippen LogP contribution is 2.37. The zero-order chi connectivity index (χ0) is 27.6. The zero-order valence-corrected chi connectivity index (χ0v) is 21.6. The number of likely N-dealkylation sites (tertiary alicyclic amines) is 1. The maximum Gasteiger partial charge on any atom is 0.273 e. The van der Waals surface area contributed by atoms with Crippen molar-refractivity contribution in [1.82, 2.24) is 9.88 Å². The second-order valence-corrected chi connectivity index (χ2v) is 10.9. The van der Waals surface area contributed by atoms with Gasteiger partial charge in [-0.1, -0.05) is 17.7 Å². The number of halogens is 3. The molecule has 4 rings (SSSR count). The maximum absolute atomic E-state index is 14.2. The van der Waals surface area contributed by atoms with Gasteiger partial charge in [0.05, 0.1) is 5.02 Å². The Hall–Kier alpha value is -3.32. The van der Waals surface area contributed by atoms with Crippen LogP contribution in [0.15, 0.2) is 42.6 Å². The third-order valence-electron chi connectivity index (χ3n) is 6.37. The van der Waals surface area contributed by atoms with Crippen LogP contribution in [0.5, 0.6) is 5.75 Å². The van der Waals surface area contributed by atoms with Crippen LogP contribution in [0.1, 0.15) is 39.6 Å². The van der Waals surface area contributed by atoms with E-state index < -0.39 is 44.5 Å². The Balaban J connectivity index is 1.77. The van der Waals surface area contributed by atoms with E-state index in [9.17, 15) is 26.5 Å². The molecular weight excluding hydrogens is 542 g/mol. The molecule has 9 nitrogen and oxygen atoms in total. The molecule has 1 aromatic heterocycles. The van der Waals surface area contributed by atoms with Crippen LogP contribution in [0.25, 0.3) is 11.1 Å². The summed E-state index contributed by atoms with van der Waals surface area (Å²) >= 11 is 5.88. The lowest BCUT2D eigenvalue weighted by molar-refractivity contribution is 0.1000. The molecule has 3 aromatic rings. The molecule has 202 valence electrons. The van der Waals surface area contributed by atoms with Gasteiger partial charge in [-0.15, -0.1) is 0 Å². The van der Waals surface area contributed by atoms with Crippen LogP contribution in [-0.4, -0.2) is 48.4 Å². The number of aromatic nitrogens is 1. The summed E-state index contributed by atoms with van der Waals surface area (Å²) in [6.07, 6.45) is 3.15. The predicted octanol–water partition coefficient (Wildman–Crippen LogP) is 3.97. The SMILES string of the molecule is NC(=O)c1ccc(C(CN2CCCC2)S(=O)(=O)O)c(-c2cnc(N)c(OCc3c(F)ccc(F)c3Cl)c2)c1. The summed E-state index contributed by atoms with van der Waals surface area (Å²) in [6, 6.07) is 7.39. The smallest absolute Gasteiger partial charge is 0.273 e.